The van der Waals surface area contributed by atoms with Crippen molar-refractivity contribution < 1.29 is 18.9 Å². The van der Waals surface area contributed by atoms with E-state index >= 15 is 0 Å². The second-order valence-corrected chi connectivity index (χ2v) is 12.9. The van der Waals surface area contributed by atoms with Crippen molar-refractivity contribution in [2.75, 3.05) is 51.4 Å². The Hall–Kier alpha value is -3.32. The first kappa shape index (κ1) is 28.2. The fourth-order valence-corrected chi connectivity index (χ4v) is 9.33. The highest BCUT2D eigenvalue weighted by Crippen LogP contribution is 2.54. The molecule has 0 fully saturated rings. The first-order valence-electron chi connectivity index (χ1n) is 11.9. The molecule has 0 spiro atoms. The fourth-order valence-electron chi connectivity index (χ4n) is 4.27. The van der Waals surface area contributed by atoms with Crippen molar-refractivity contribution in [1.82, 2.24) is 0 Å². The second kappa shape index (κ2) is 11.7. The SMILES string of the molecule is COc1c2cc(N)cc1Sc1cc(N)cc(c1OC)Sc1cc(N)cc(c1OC)Sc1cc(N)cc(c1OC)S2. The topological polar surface area (TPSA) is 141 Å². The smallest absolute Gasteiger partial charge is 0.146 e. The molecule has 4 aromatic rings. The third-order valence-corrected chi connectivity index (χ3v) is 10.1. The molecule has 0 amide bonds. The van der Waals surface area contributed by atoms with Gasteiger partial charge in [-0.3, -0.25) is 0 Å². The van der Waals surface area contributed by atoms with Gasteiger partial charge in [0.15, 0.2) is 0 Å². The number of fused-ring (bicyclic) bond motifs is 8. The Morgan fingerprint density at radius 1 is 0.350 bits per heavy atom. The van der Waals surface area contributed by atoms with E-state index in [1.807, 2.05) is 48.5 Å². The quantitative estimate of drug-likeness (QED) is 0.156. The van der Waals surface area contributed by atoms with Crippen LogP contribution in [0.4, 0.5) is 22.7 Å². The Labute approximate surface area is 249 Å². The lowest BCUT2D eigenvalue weighted by atomic mass is 10.3. The van der Waals surface area contributed by atoms with Crippen molar-refractivity contribution in [3.63, 3.8) is 0 Å². The van der Waals surface area contributed by atoms with Gasteiger partial charge in [0.1, 0.15) is 23.0 Å². The third kappa shape index (κ3) is 5.49. The molecule has 0 aromatic heterocycles. The van der Waals surface area contributed by atoms with Crippen LogP contribution in [0, 0.1) is 0 Å². The van der Waals surface area contributed by atoms with Gasteiger partial charge in [0.05, 0.1) is 67.6 Å². The van der Waals surface area contributed by atoms with Crippen LogP contribution in [-0.2, 0) is 0 Å². The van der Waals surface area contributed by atoms with E-state index in [9.17, 15) is 0 Å². The van der Waals surface area contributed by atoms with E-state index in [1.54, 1.807) is 28.4 Å². The molecule has 0 saturated heterocycles. The fraction of sp³-hybridized carbons (Fsp3) is 0.143. The van der Waals surface area contributed by atoms with Gasteiger partial charge in [0, 0.05) is 22.7 Å². The highest BCUT2D eigenvalue weighted by molar-refractivity contribution is 8.01. The monoisotopic (exact) mass is 612 g/mol. The summed E-state index contributed by atoms with van der Waals surface area (Å²) in [6.45, 7) is 0. The van der Waals surface area contributed by atoms with Gasteiger partial charge in [-0.25, -0.2) is 0 Å². The van der Waals surface area contributed by atoms with Crippen molar-refractivity contribution in [3.05, 3.63) is 48.5 Å². The average Bonchev–Trinajstić information content (AvgIpc) is 2.88. The number of hydrogen-bond acceptors (Lipinski definition) is 12. The van der Waals surface area contributed by atoms with E-state index in [1.165, 1.54) is 47.0 Å². The predicted molar refractivity (Wildman–Crippen MR) is 166 cm³/mol. The summed E-state index contributed by atoms with van der Waals surface area (Å²) in [5, 5.41) is 0. The van der Waals surface area contributed by atoms with Crippen LogP contribution >= 0.6 is 47.0 Å². The van der Waals surface area contributed by atoms with Crippen LogP contribution in [0.3, 0.4) is 0 Å². The maximum atomic E-state index is 6.39. The van der Waals surface area contributed by atoms with Crippen molar-refractivity contribution in [2.45, 2.75) is 39.2 Å². The summed E-state index contributed by atoms with van der Waals surface area (Å²) in [7, 11) is 6.54. The lowest BCUT2D eigenvalue weighted by Gasteiger charge is -2.21. The summed E-state index contributed by atoms with van der Waals surface area (Å²) in [6.07, 6.45) is 0. The molecule has 12 heteroatoms. The molecule has 0 saturated carbocycles. The van der Waals surface area contributed by atoms with Gasteiger partial charge in [0.2, 0.25) is 0 Å². The molecule has 1 heterocycles. The molecule has 8 N–H and O–H groups in total. The number of methoxy groups -OCH3 is 4. The highest BCUT2D eigenvalue weighted by Gasteiger charge is 2.24. The summed E-state index contributed by atoms with van der Waals surface area (Å²) in [4.78, 5) is 6.43. The average molecular weight is 613 g/mol. The number of hydrogen-bond donors (Lipinski definition) is 4. The van der Waals surface area contributed by atoms with E-state index < -0.39 is 0 Å². The van der Waals surface area contributed by atoms with E-state index in [-0.39, 0.29) is 0 Å². The van der Waals surface area contributed by atoms with Crippen LogP contribution in [0.25, 0.3) is 0 Å². The van der Waals surface area contributed by atoms with E-state index in [0.717, 1.165) is 39.2 Å². The molecule has 0 unspecified atom stereocenters. The van der Waals surface area contributed by atoms with Gasteiger partial charge in [-0.1, -0.05) is 47.0 Å². The van der Waals surface area contributed by atoms with E-state index in [0.29, 0.717) is 45.7 Å². The molecular formula is C28H28N4O4S4. The maximum absolute atomic E-state index is 6.39. The number of ether oxygens (including phenoxy) is 4. The Bertz CT molecular complexity index is 1290. The molecule has 0 aliphatic carbocycles. The largest absolute Gasteiger partial charge is 0.494 e. The van der Waals surface area contributed by atoms with Gasteiger partial charge in [-0.05, 0) is 48.5 Å². The molecule has 8 nitrogen and oxygen atoms in total. The van der Waals surface area contributed by atoms with Gasteiger partial charge in [-0.2, -0.15) is 0 Å². The zero-order valence-corrected chi connectivity index (χ0v) is 25.5. The molecule has 1 aliphatic rings. The Kier molecular flexibility index (Phi) is 8.22. The molecular weight excluding hydrogens is 585 g/mol. The molecule has 40 heavy (non-hydrogen) atoms. The van der Waals surface area contributed by atoms with E-state index in [2.05, 4.69) is 0 Å². The number of nitrogens with two attached hydrogens (primary N) is 4. The second-order valence-electron chi connectivity index (χ2n) is 8.61. The van der Waals surface area contributed by atoms with Gasteiger partial charge >= 0.3 is 0 Å². The molecule has 208 valence electrons. The van der Waals surface area contributed by atoms with Crippen LogP contribution in [-0.4, -0.2) is 28.4 Å². The number of rotatable bonds is 4. The molecule has 8 bridgehead atoms. The first-order chi connectivity index (χ1) is 19.2. The summed E-state index contributed by atoms with van der Waals surface area (Å²) in [6, 6.07) is 15.0. The van der Waals surface area contributed by atoms with Crippen molar-refractivity contribution in [2.24, 2.45) is 0 Å². The molecule has 1 aliphatic heterocycles. The summed E-state index contributed by atoms with van der Waals surface area (Å²) in [5.74, 6) is 2.64. The standard InChI is InChI=1S/C28H28N4O4S4/c1-33-25-17-5-13(29)6-18(25)38-20-8-15(31)10-22(27(20)35-3)40-24-12-16(32)11-23(28(24)36-4)39-21-9-14(30)7-19(37-17)26(21)34-2/h5-12H,29-32H2,1-4H3. The molecule has 4 aromatic carbocycles. The van der Waals surface area contributed by atoms with Gasteiger partial charge in [0.25, 0.3) is 0 Å². The Morgan fingerprint density at radius 2 is 0.500 bits per heavy atom. The summed E-state index contributed by atoms with van der Waals surface area (Å²) >= 11 is 5.82. The van der Waals surface area contributed by atoms with Crippen LogP contribution in [0.2, 0.25) is 0 Å². The minimum atomic E-state index is 0.581. The zero-order valence-electron chi connectivity index (χ0n) is 22.2. The lowest BCUT2D eigenvalue weighted by Crippen LogP contribution is -1.99. The minimum Gasteiger partial charge on any atom is -0.494 e. The number of anilines is 4. The zero-order chi connectivity index (χ0) is 28.6. The van der Waals surface area contributed by atoms with Crippen LogP contribution in [0.1, 0.15) is 0 Å². The highest BCUT2D eigenvalue weighted by atomic mass is 32.2. The van der Waals surface area contributed by atoms with Crippen LogP contribution in [0.15, 0.2) is 87.7 Å². The van der Waals surface area contributed by atoms with Crippen LogP contribution in [0.5, 0.6) is 23.0 Å². The summed E-state index contributed by atoms with van der Waals surface area (Å²) in [5.41, 5.74) is 27.9. The van der Waals surface area contributed by atoms with Crippen LogP contribution < -0.4 is 41.9 Å². The maximum Gasteiger partial charge on any atom is 0.146 e. The molecule has 0 atom stereocenters. The predicted octanol–water partition coefficient (Wildman–Crippen LogP) is 6.97. The van der Waals surface area contributed by atoms with Crippen molar-refractivity contribution in [1.29, 1.82) is 0 Å². The Balaban J connectivity index is 1.84. The van der Waals surface area contributed by atoms with Crippen molar-refractivity contribution in [3.8, 4) is 23.0 Å². The lowest BCUT2D eigenvalue weighted by molar-refractivity contribution is 0.390. The Morgan fingerprint density at radius 3 is 0.625 bits per heavy atom. The number of benzene rings is 4. The first-order valence-corrected chi connectivity index (χ1v) is 15.1. The third-order valence-electron chi connectivity index (χ3n) is 5.87. The van der Waals surface area contributed by atoms with E-state index in [4.69, 9.17) is 41.9 Å². The van der Waals surface area contributed by atoms with Gasteiger partial charge < -0.3 is 41.9 Å². The summed E-state index contributed by atoms with van der Waals surface area (Å²) < 4.78 is 23.7. The minimum absolute atomic E-state index is 0.581. The normalized spacial score (nSPS) is 12.5. The molecule has 0 radical (unpaired) electrons. The number of nitrogen functional groups attached to an aromatic ring is 4. The molecule has 5 rings (SSSR count). The van der Waals surface area contributed by atoms with Gasteiger partial charge in [-0.15, -0.1) is 0 Å². The van der Waals surface area contributed by atoms with Crippen molar-refractivity contribution >= 4 is 69.8 Å².